The molecule has 33 heavy (non-hydrogen) atoms. The van der Waals surface area contributed by atoms with Gasteiger partial charge in [0.2, 0.25) is 0 Å². The average Bonchev–Trinajstić information content (AvgIpc) is 2.80. The van der Waals surface area contributed by atoms with E-state index in [1.165, 1.54) is 43.9 Å². The lowest BCUT2D eigenvalue weighted by Gasteiger charge is -2.29. The van der Waals surface area contributed by atoms with Crippen molar-refractivity contribution in [2.75, 3.05) is 25.1 Å². The summed E-state index contributed by atoms with van der Waals surface area (Å²) >= 11 is 5.95. The van der Waals surface area contributed by atoms with Crippen LogP contribution in [0.4, 0.5) is 5.69 Å². The monoisotopic (exact) mass is 470 g/mol. The quantitative estimate of drug-likeness (QED) is 0.490. The van der Waals surface area contributed by atoms with Gasteiger partial charge >= 0.3 is 0 Å². The second kappa shape index (κ2) is 12.1. The number of phenols is 1. The number of anilines is 1. The standard InChI is InChI=1S/C18H18ClNO3.C9H17N/c1-2-9-23-14-4-5-15-12(10-14)7-8-20(18(15)22)13-3-6-17(21)16(19)11-13;1-3-4-5-8-6-7-9(8)10-2/h3-6,10-11,21H,2,7-9H2,1H3;8H,3-7H2,1-2H3. The smallest absolute Gasteiger partial charge is 0.258 e. The molecule has 1 N–H and O–H groups in total. The molecule has 4 rings (SSSR count). The van der Waals surface area contributed by atoms with Gasteiger partial charge in [0.1, 0.15) is 11.5 Å². The Labute approximate surface area is 202 Å². The summed E-state index contributed by atoms with van der Waals surface area (Å²) in [6.45, 7) is 5.55. The van der Waals surface area contributed by atoms with E-state index in [9.17, 15) is 9.90 Å². The van der Waals surface area contributed by atoms with Crippen LogP contribution in [0.1, 0.15) is 68.3 Å². The Balaban J connectivity index is 0.000000257. The van der Waals surface area contributed by atoms with E-state index in [0.717, 1.165) is 30.1 Å². The van der Waals surface area contributed by atoms with Crippen LogP contribution in [0.5, 0.6) is 11.5 Å². The van der Waals surface area contributed by atoms with Crippen LogP contribution in [0.25, 0.3) is 0 Å². The molecule has 0 radical (unpaired) electrons. The van der Waals surface area contributed by atoms with Crippen LogP contribution < -0.4 is 9.64 Å². The lowest BCUT2D eigenvalue weighted by molar-refractivity contribution is 0.0980. The number of aromatic hydroxyl groups is 1. The molecular weight excluding hydrogens is 436 g/mol. The summed E-state index contributed by atoms with van der Waals surface area (Å²) in [6, 6.07) is 10.4. The van der Waals surface area contributed by atoms with Gasteiger partial charge < -0.3 is 14.7 Å². The molecule has 0 bridgehead atoms. The van der Waals surface area contributed by atoms with E-state index in [-0.39, 0.29) is 16.7 Å². The highest BCUT2D eigenvalue weighted by atomic mass is 35.5. The van der Waals surface area contributed by atoms with Gasteiger partial charge in [0.25, 0.3) is 5.91 Å². The third-order valence-electron chi connectivity index (χ3n) is 6.29. The maximum atomic E-state index is 12.7. The average molecular weight is 471 g/mol. The number of carbonyl (C=O) groups is 1. The van der Waals surface area contributed by atoms with Crippen LogP contribution in [-0.2, 0) is 6.42 Å². The summed E-state index contributed by atoms with van der Waals surface area (Å²) in [4.78, 5) is 18.6. The topological polar surface area (TPSA) is 62.1 Å². The molecule has 0 aromatic heterocycles. The van der Waals surface area contributed by atoms with E-state index >= 15 is 0 Å². The molecule has 2 aromatic carbocycles. The number of benzene rings is 2. The van der Waals surface area contributed by atoms with Crippen molar-refractivity contribution < 1.29 is 14.6 Å². The number of rotatable bonds is 7. The Morgan fingerprint density at radius 2 is 1.97 bits per heavy atom. The van der Waals surface area contributed by atoms with Crippen LogP contribution in [0, 0.1) is 5.92 Å². The number of hydrogen-bond acceptors (Lipinski definition) is 4. The van der Waals surface area contributed by atoms with Crippen molar-refractivity contribution in [3.8, 4) is 11.5 Å². The highest BCUT2D eigenvalue weighted by Crippen LogP contribution is 2.32. The fourth-order valence-electron chi connectivity index (χ4n) is 4.22. The van der Waals surface area contributed by atoms with Crippen LogP contribution in [0.2, 0.25) is 5.02 Å². The van der Waals surface area contributed by atoms with E-state index in [1.54, 1.807) is 17.0 Å². The van der Waals surface area contributed by atoms with Crippen molar-refractivity contribution in [1.82, 2.24) is 0 Å². The number of aliphatic imine (C=N–C) groups is 1. The molecule has 6 heteroatoms. The number of halogens is 1. The van der Waals surface area contributed by atoms with E-state index in [0.29, 0.717) is 24.4 Å². The molecule has 0 saturated heterocycles. The van der Waals surface area contributed by atoms with Crippen molar-refractivity contribution in [2.45, 2.75) is 58.8 Å². The normalized spacial score (nSPS) is 18.3. The molecule has 2 aromatic rings. The SMILES string of the molecule is CCCCC1CCC1=NC.CCCOc1ccc2c(c1)CCN(c1ccc(O)c(Cl)c1)C2=O. The number of ether oxygens (including phenoxy) is 1. The molecule has 178 valence electrons. The number of fused-ring (bicyclic) bond motifs is 1. The second-order valence-corrected chi connectivity index (χ2v) is 9.01. The van der Waals surface area contributed by atoms with Gasteiger partial charge in [-0.2, -0.15) is 0 Å². The fraction of sp³-hybridized carbons (Fsp3) is 0.481. The molecule has 1 saturated carbocycles. The van der Waals surface area contributed by atoms with Crippen molar-refractivity contribution in [3.63, 3.8) is 0 Å². The number of carbonyl (C=O) groups excluding carboxylic acids is 1. The summed E-state index contributed by atoms with van der Waals surface area (Å²) in [6.07, 6.45) is 8.45. The summed E-state index contributed by atoms with van der Waals surface area (Å²) in [5.41, 5.74) is 3.84. The molecular formula is C27H35ClN2O3. The zero-order chi connectivity index (χ0) is 23.8. The van der Waals surface area contributed by atoms with Gasteiger partial charge in [0, 0.05) is 30.6 Å². The molecule has 2 aliphatic rings. The van der Waals surface area contributed by atoms with E-state index < -0.39 is 0 Å². The molecule has 0 spiro atoms. The van der Waals surface area contributed by atoms with E-state index in [2.05, 4.69) is 18.8 Å². The number of hydrogen-bond donors (Lipinski definition) is 1. The van der Waals surface area contributed by atoms with Gasteiger partial charge in [-0.05, 0) is 80.0 Å². The predicted octanol–water partition coefficient (Wildman–Crippen LogP) is 6.69. The van der Waals surface area contributed by atoms with Crippen LogP contribution >= 0.6 is 11.6 Å². The molecule has 1 unspecified atom stereocenters. The highest BCUT2D eigenvalue weighted by Gasteiger charge is 2.26. The Morgan fingerprint density at radius 3 is 2.61 bits per heavy atom. The summed E-state index contributed by atoms with van der Waals surface area (Å²) in [7, 11) is 1.92. The lowest BCUT2D eigenvalue weighted by Crippen LogP contribution is -2.37. The largest absolute Gasteiger partial charge is 0.506 e. The third kappa shape index (κ3) is 6.29. The number of phenolic OH excluding ortho intramolecular Hbond substituents is 1. The molecule has 1 aliphatic heterocycles. The molecule has 1 amide bonds. The van der Waals surface area contributed by atoms with Crippen molar-refractivity contribution in [1.29, 1.82) is 0 Å². The second-order valence-electron chi connectivity index (χ2n) is 8.60. The Kier molecular flexibility index (Phi) is 9.19. The van der Waals surface area contributed by atoms with Gasteiger partial charge in [-0.3, -0.25) is 9.79 Å². The maximum Gasteiger partial charge on any atom is 0.258 e. The first-order chi connectivity index (χ1) is 16.0. The predicted molar refractivity (Wildman–Crippen MR) is 136 cm³/mol. The minimum atomic E-state index is -0.0601. The summed E-state index contributed by atoms with van der Waals surface area (Å²) in [5.74, 6) is 1.62. The summed E-state index contributed by atoms with van der Waals surface area (Å²) in [5, 5.41) is 9.76. The summed E-state index contributed by atoms with van der Waals surface area (Å²) < 4.78 is 5.63. The first-order valence-corrected chi connectivity index (χ1v) is 12.4. The highest BCUT2D eigenvalue weighted by molar-refractivity contribution is 6.32. The van der Waals surface area contributed by atoms with Gasteiger partial charge in [-0.15, -0.1) is 0 Å². The fourth-order valence-corrected chi connectivity index (χ4v) is 4.39. The first kappa shape index (κ1) is 25.1. The molecule has 1 heterocycles. The minimum absolute atomic E-state index is 0.0120. The first-order valence-electron chi connectivity index (χ1n) is 12.0. The minimum Gasteiger partial charge on any atom is -0.506 e. The maximum absolute atomic E-state index is 12.7. The van der Waals surface area contributed by atoms with Gasteiger partial charge in [0.05, 0.1) is 11.6 Å². The number of amides is 1. The van der Waals surface area contributed by atoms with E-state index in [4.69, 9.17) is 16.3 Å². The van der Waals surface area contributed by atoms with Crippen molar-refractivity contribution >= 4 is 28.9 Å². The van der Waals surface area contributed by atoms with Crippen molar-refractivity contribution in [2.24, 2.45) is 10.9 Å². The van der Waals surface area contributed by atoms with Crippen LogP contribution in [0.3, 0.4) is 0 Å². The molecule has 1 fully saturated rings. The van der Waals surface area contributed by atoms with Crippen LogP contribution in [-0.4, -0.2) is 36.9 Å². The zero-order valence-corrected chi connectivity index (χ0v) is 20.7. The van der Waals surface area contributed by atoms with Gasteiger partial charge in [0.15, 0.2) is 0 Å². The Bertz CT molecular complexity index is 989. The molecule has 1 aliphatic carbocycles. The van der Waals surface area contributed by atoms with Crippen molar-refractivity contribution in [3.05, 3.63) is 52.5 Å². The van der Waals surface area contributed by atoms with E-state index in [1.807, 2.05) is 25.2 Å². The zero-order valence-electron chi connectivity index (χ0n) is 19.9. The number of nitrogens with zero attached hydrogens (tertiary/aromatic N) is 2. The van der Waals surface area contributed by atoms with Crippen LogP contribution in [0.15, 0.2) is 41.4 Å². The lowest BCUT2D eigenvalue weighted by atomic mass is 9.79. The van der Waals surface area contributed by atoms with Gasteiger partial charge in [-0.1, -0.05) is 38.3 Å². The third-order valence-corrected chi connectivity index (χ3v) is 6.59. The molecule has 5 nitrogen and oxygen atoms in total. The number of unbranched alkanes of at least 4 members (excludes halogenated alkanes) is 1. The Morgan fingerprint density at radius 1 is 1.15 bits per heavy atom. The van der Waals surface area contributed by atoms with Gasteiger partial charge in [-0.25, -0.2) is 0 Å². The molecule has 1 atom stereocenters. The Hall–Kier alpha value is -2.53.